The number of pyridine rings is 1. The number of halogens is 2. The summed E-state index contributed by atoms with van der Waals surface area (Å²) in [7, 11) is 0. The zero-order valence-corrected chi connectivity index (χ0v) is 15.5. The predicted octanol–water partition coefficient (Wildman–Crippen LogP) is 4.38. The van der Waals surface area contributed by atoms with Crippen molar-refractivity contribution < 1.29 is 4.39 Å². The van der Waals surface area contributed by atoms with Crippen LogP contribution in [0, 0.1) is 18.2 Å². The van der Waals surface area contributed by atoms with Gasteiger partial charge >= 0.3 is 0 Å². The second-order valence-corrected chi connectivity index (χ2v) is 6.59. The highest BCUT2D eigenvalue weighted by atomic mass is 35.5. The van der Waals surface area contributed by atoms with Crippen LogP contribution in [0.15, 0.2) is 54.9 Å². The molecule has 0 aliphatic rings. The van der Waals surface area contributed by atoms with E-state index < -0.39 is 5.82 Å². The molecule has 1 N–H and O–H groups in total. The maximum absolute atomic E-state index is 14.2. The van der Waals surface area contributed by atoms with Gasteiger partial charge in [0.2, 0.25) is 0 Å². The van der Waals surface area contributed by atoms with Gasteiger partial charge < -0.3 is 5.32 Å². The van der Waals surface area contributed by atoms with E-state index in [2.05, 4.69) is 26.5 Å². The van der Waals surface area contributed by atoms with Crippen molar-refractivity contribution in [3.63, 3.8) is 0 Å². The van der Waals surface area contributed by atoms with Crippen molar-refractivity contribution >= 4 is 28.2 Å². The first-order chi connectivity index (χ1) is 13.6. The first-order valence-corrected chi connectivity index (χ1v) is 8.96. The number of hydrogen-bond acceptors (Lipinski definition) is 4. The average Bonchev–Trinajstić information content (AvgIpc) is 3.16. The normalized spacial score (nSPS) is 10.8. The third-order valence-corrected chi connectivity index (χ3v) is 4.55. The van der Waals surface area contributed by atoms with Crippen molar-refractivity contribution in [2.75, 3.05) is 11.9 Å². The zero-order chi connectivity index (χ0) is 19.5. The van der Waals surface area contributed by atoms with Gasteiger partial charge in [-0.25, -0.2) is 4.39 Å². The van der Waals surface area contributed by atoms with Gasteiger partial charge in [-0.1, -0.05) is 22.7 Å². The Morgan fingerprint density at radius 2 is 2.07 bits per heavy atom. The van der Waals surface area contributed by atoms with Crippen LogP contribution < -0.4 is 5.32 Å². The van der Waals surface area contributed by atoms with Crippen LogP contribution in [0.25, 0.3) is 22.2 Å². The van der Waals surface area contributed by atoms with Crippen LogP contribution in [0.3, 0.4) is 0 Å². The Balaban J connectivity index is 1.45. The van der Waals surface area contributed by atoms with E-state index in [4.69, 9.17) is 18.0 Å². The van der Waals surface area contributed by atoms with E-state index in [9.17, 15) is 4.39 Å². The molecule has 0 atom stereocenters. The lowest BCUT2D eigenvalue weighted by atomic mass is 10.1. The van der Waals surface area contributed by atoms with E-state index in [1.54, 1.807) is 29.2 Å². The summed E-state index contributed by atoms with van der Waals surface area (Å²) in [6.45, 7) is 1.18. The summed E-state index contributed by atoms with van der Waals surface area (Å²) in [5.41, 5.74) is 3.10. The van der Waals surface area contributed by atoms with E-state index in [1.165, 1.54) is 6.07 Å². The Kier molecular flexibility index (Phi) is 4.92. The predicted molar refractivity (Wildman–Crippen MR) is 109 cm³/mol. The molecule has 0 radical (unpaired) electrons. The summed E-state index contributed by atoms with van der Waals surface area (Å²) in [6, 6.07) is 12.1. The van der Waals surface area contributed by atoms with E-state index in [0.29, 0.717) is 34.9 Å². The quantitative estimate of drug-likeness (QED) is 0.513. The lowest BCUT2D eigenvalue weighted by Gasteiger charge is -2.09. The average molecular weight is 392 g/mol. The number of aromatic nitrogens is 4. The first kappa shape index (κ1) is 18.0. The summed E-state index contributed by atoms with van der Waals surface area (Å²) in [6.07, 6.45) is 8.73. The fourth-order valence-corrected chi connectivity index (χ4v) is 3.09. The summed E-state index contributed by atoms with van der Waals surface area (Å²) >= 11 is 6.02. The first-order valence-electron chi connectivity index (χ1n) is 8.59. The fourth-order valence-electron chi connectivity index (χ4n) is 2.92. The minimum Gasteiger partial charge on any atom is -0.383 e. The molecule has 0 bridgehead atoms. The molecule has 2 aromatic heterocycles. The van der Waals surface area contributed by atoms with Gasteiger partial charge in [0.25, 0.3) is 0 Å². The third kappa shape index (κ3) is 3.66. The fraction of sp³-hybridized carbons (Fsp3) is 0.0952. The molecule has 2 heterocycles. The molecule has 0 amide bonds. The zero-order valence-electron chi connectivity index (χ0n) is 14.7. The highest BCUT2D eigenvalue weighted by molar-refractivity contribution is 6.31. The molecule has 0 saturated heterocycles. The molecule has 0 spiro atoms. The molecule has 4 rings (SSSR count). The Hall–Kier alpha value is -3.43. The molecule has 28 heavy (non-hydrogen) atoms. The van der Waals surface area contributed by atoms with Gasteiger partial charge in [0.05, 0.1) is 18.3 Å². The van der Waals surface area contributed by atoms with Crippen LogP contribution in [0.1, 0.15) is 5.56 Å². The molecular weight excluding hydrogens is 377 g/mol. The largest absolute Gasteiger partial charge is 0.383 e. The molecule has 5 nitrogen and oxygen atoms in total. The number of rotatable bonds is 5. The van der Waals surface area contributed by atoms with Gasteiger partial charge in [0, 0.05) is 40.0 Å². The molecule has 138 valence electrons. The second-order valence-electron chi connectivity index (χ2n) is 6.15. The van der Waals surface area contributed by atoms with Gasteiger partial charge in [0.15, 0.2) is 0 Å². The van der Waals surface area contributed by atoms with Gasteiger partial charge in [0.1, 0.15) is 11.5 Å². The van der Waals surface area contributed by atoms with Crippen molar-refractivity contribution in [2.24, 2.45) is 0 Å². The minimum atomic E-state index is -0.414. The third-order valence-electron chi connectivity index (χ3n) is 4.31. The number of nitrogens with one attached hydrogen (secondary N) is 1. The minimum absolute atomic E-state index is 0.371. The van der Waals surface area contributed by atoms with Crippen LogP contribution in [-0.4, -0.2) is 26.5 Å². The Labute approximate surface area is 166 Å². The standard InChI is InChI=1S/C21H15ClFN5/c1-2-14-3-5-16(18(23)11-14)21-13-28(27-26-21)10-9-25-19-7-8-24-20-12-15(22)4-6-17(19)20/h1,3-8,11-13H,9-10H2,(H,24,25). The molecule has 2 aromatic carbocycles. The summed E-state index contributed by atoms with van der Waals surface area (Å²) in [5, 5.41) is 13.1. The van der Waals surface area contributed by atoms with E-state index in [0.717, 1.165) is 16.6 Å². The molecule has 4 aromatic rings. The number of hydrogen-bond donors (Lipinski definition) is 1. The van der Waals surface area contributed by atoms with E-state index in [-0.39, 0.29) is 0 Å². The monoisotopic (exact) mass is 391 g/mol. The number of fused-ring (bicyclic) bond motifs is 1. The molecule has 7 heteroatoms. The maximum atomic E-state index is 14.2. The van der Waals surface area contributed by atoms with Gasteiger partial charge in [-0.05, 0) is 42.5 Å². The SMILES string of the molecule is C#Cc1ccc(-c2cn(CCNc3ccnc4cc(Cl)ccc34)nn2)c(F)c1. The summed E-state index contributed by atoms with van der Waals surface area (Å²) in [5.74, 6) is 2.00. The van der Waals surface area contributed by atoms with Crippen molar-refractivity contribution in [1.82, 2.24) is 20.0 Å². The van der Waals surface area contributed by atoms with Crippen LogP contribution in [0.2, 0.25) is 5.02 Å². The van der Waals surface area contributed by atoms with E-state index >= 15 is 0 Å². The highest BCUT2D eigenvalue weighted by Gasteiger charge is 2.10. The Morgan fingerprint density at radius 1 is 1.18 bits per heavy atom. The van der Waals surface area contributed by atoms with Crippen molar-refractivity contribution in [3.05, 3.63) is 71.3 Å². The smallest absolute Gasteiger partial charge is 0.133 e. The molecule has 0 aliphatic heterocycles. The lowest BCUT2D eigenvalue weighted by Crippen LogP contribution is -2.11. The van der Waals surface area contributed by atoms with Crippen LogP contribution in [0.5, 0.6) is 0 Å². The van der Waals surface area contributed by atoms with Crippen molar-refractivity contribution in [1.29, 1.82) is 0 Å². The van der Waals surface area contributed by atoms with E-state index in [1.807, 2.05) is 24.3 Å². The summed E-state index contributed by atoms with van der Waals surface area (Å²) < 4.78 is 15.8. The molecule has 0 aliphatic carbocycles. The van der Waals surface area contributed by atoms with Crippen LogP contribution >= 0.6 is 11.6 Å². The van der Waals surface area contributed by atoms with Gasteiger partial charge in [-0.3, -0.25) is 9.67 Å². The van der Waals surface area contributed by atoms with Crippen LogP contribution in [-0.2, 0) is 6.54 Å². The topological polar surface area (TPSA) is 55.6 Å². The van der Waals surface area contributed by atoms with Gasteiger partial charge in [-0.15, -0.1) is 11.5 Å². The number of anilines is 1. The van der Waals surface area contributed by atoms with Crippen LogP contribution in [0.4, 0.5) is 10.1 Å². The molecule has 0 unspecified atom stereocenters. The summed E-state index contributed by atoms with van der Waals surface area (Å²) in [4.78, 5) is 4.33. The number of nitrogens with zero attached hydrogens (tertiary/aromatic N) is 4. The van der Waals surface area contributed by atoms with Crippen molar-refractivity contribution in [3.8, 4) is 23.6 Å². The lowest BCUT2D eigenvalue weighted by molar-refractivity contribution is 0.609. The molecule has 0 fully saturated rings. The second kappa shape index (κ2) is 7.67. The number of terminal acetylenes is 1. The van der Waals surface area contributed by atoms with Gasteiger partial charge in [-0.2, -0.15) is 0 Å². The maximum Gasteiger partial charge on any atom is 0.133 e. The number of benzene rings is 2. The highest BCUT2D eigenvalue weighted by Crippen LogP contribution is 2.24. The van der Waals surface area contributed by atoms with Crippen molar-refractivity contribution in [2.45, 2.75) is 6.54 Å². The molecular formula is C21H15ClFN5. The Morgan fingerprint density at radius 3 is 2.89 bits per heavy atom. The Bertz CT molecular complexity index is 1200. The molecule has 0 saturated carbocycles.